The first-order valence-electron chi connectivity index (χ1n) is 4.90. The number of rotatable bonds is 4. The Labute approximate surface area is 106 Å². The molecule has 0 saturated carbocycles. The van der Waals surface area contributed by atoms with E-state index in [0.29, 0.717) is 0 Å². The molecule has 0 saturated heterocycles. The van der Waals surface area contributed by atoms with Gasteiger partial charge in [0.1, 0.15) is 5.69 Å². The zero-order valence-electron chi connectivity index (χ0n) is 9.38. The summed E-state index contributed by atoms with van der Waals surface area (Å²) in [6.45, 7) is 1.53. The minimum absolute atomic E-state index is 0.110. The Kier molecular flexibility index (Phi) is 3.35. The minimum atomic E-state index is -0.523. The molecule has 0 aliphatic heterocycles. The molecular formula is C9H10N6O2S. The lowest BCUT2D eigenvalue weighted by Crippen LogP contribution is -2.13. The molecule has 2 aromatic rings. The maximum absolute atomic E-state index is 11.0. The smallest absolute Gasteiger partial charge is 0.332 e. The molecule has 0 aromatic carbocycles. The van der Waals surface area contributed by atoms with Crippen molar-refractivity contribution in [2.75, 3.05) is 10.7 Å². The van der Waals surface area contributed by atoms with Crippen LogP contribution < -0.4 is 16.6 Å². The Morgan fingerprint density at radius 2 is 2.28 bits per heavy atom. The van der Waals surface area contributed by atoms with E-state index < -0.39 is 4.92 Å². The third kappa shape index (κ3) is 2.36. The summed E-state index contributed by atoms with van der Waals surface area (Å²) in [5.41, 5.74) is 3.07. The number of aromatic nitrogens is 2. The van der Waals surface area contributed by atoms with E-state index in [9.17, 15) is 10.1 Å². The van der Waals surface area contributed by atoms with E-state index in [0.717, 1.165) is 5.69 Å². The van der Waals surface area contributed by atoms with Crippen LogP contribution in [0.5, 0.6) is 0 Å². The van der Waals surface area contributed by atoms with Gasteiger partial charge in [-0.15, -0.1) is 0 Å². The highest BCUT2D eigenvalue weighted by Crippen LogP contribution is 2.29. The summed E-state index contributed by atoms with van der Waals surface area (Å²) in [6.07, 6.45) is 0. The van der Waals surface area contributed by atoms with Gasteiger partial charge in [0, 0.05) is 5.38 Å². The Hall–Kier alpha value is -2.26. The summed E-state index contributed by atoms with van der Waals surface area (Å²) in [7, 11) is 0. The van der Waals surface area contributed by atoms with Crippen molar-refractivity contribution >= 4 is 34.5 Å². The number of hydrazine groups is 1. The monoisotopic (exact) mass is 266 g/mol. The molecule has 0 unspecified atom stereocenters. The maximum Gasteiger partial charge on any atom is 0.332 e. The molecule has 4 N–H and O–H groups in total. The second-order valence-corrected chi connectivity index (χ2v) is 4.15. The molecule has 18 heavy (non-hydrogen) atoms. The van der Waals surface area contributed by atoms with Gasteiger partial charge in [-0.2, -0.15) is 16.3 Å². The van der Waals surface area contributed by atoms with E-state index in [1.807, 2.05) is 10.8 Å². The third-order valence-electron chi connectivity index (χ3n) is 2.15. The van der Waals surface area contributed by atoms with Gasteiger partial charge in [-0.1, -0.05) is 0 Å². The van der Waals surface area contributed by atoms with Crippen LogP contribution in [0.2, 0.25) is 0 Å². The Bertz CT molecular complexity index is 571. The second kappa shape index (κ2) is 4.94. The average Bonchev–Trinajstić information content (AvgIpc) is 2.80. The molecule has 0 spiro atoms. The summed E-state index contributed by atoms with van der Waals surface area (Å²) in [5.74, 6) is 5.45. The molecule has 9 heteroatoms. The predicted molar refractivity (Wildman–Crippen MR) is 68.8 cm³/mol. The van der Waals surface area contributed by atoms with Gasteiger partial charge in [-0.05, 0) is 18.4 Å². The number of anilines is 3. The topological polar surface area (TPSA) is 119 Å². The zero-order valence-corrected chi connectivity index (χ0v) is 10.2. The van der Waals surface area contributed by atoms with E-state index >= 15 is 0 Å². The summed E-state index contributed by atoms with van der Waals surface area (Å²) < 4.78 is 0. The largest absolute Gasteiger partial charge is 0.334 e. The molecule has 8 nitrogen and oxygen atoms in total. The molecule has 0 aliphatic rings. The molecular weight excluding hydrogens is 256 g/mol. The highest BCUT2D eigenvalue weighted by atomic mass is 32.1. The number of thiophene rings is 1. The number of aryl methyl sites for hydroxylation is 1. The molecule has 0 amide bonds. The number of hydrogen-bond donors (Lipinski definition) is 3. The van der Waals surface area contributed by atoms with Crippen LogP contribution in [0.1, 0.15) is 5.69 Å². The first kappa shape index (κ1) is 12.2. The van der Waals surface area contributed by atoms with Crippen LogP contribution in [0.15, 0.2) is 16.8 Å². The Balaban J connectivity index is 2.48. The predicted octanol–water partition coefficient (Wildman–Crippen LogP) is 1.78. The fourth-order valence-electron chi connectivity index (χ4n) is 1.41. The molecule has 2 aromatic heterocycles. The van der Waals surface area contributed by atoms with E-state index in [4.69, 9.17) is 5.84 Å². The van der Waals surface area contributed by atoms with Crippen LogP contribution in [-0.4, -0.2) is 14.9 Å². The number of nitro groups is 1. The number of nitrogen functional groups attached to an aromatic ring is 1. The number of hydrogen-bond acceptors (Lipinski definition) is 8. The van der Waals surface area contributed by atoms with Gasteiger partial charge in [-0.25, -0.2) is 10.8 Å². The fourth-order valence-corrected chi connectivity index (χ4v) is 2.00. The first-order chi connectivity index (χ1) is 8.61. The summed E-state index contributed by atoms with van der Waals surface area (Å²) >= 11 is 1.47. The summed E-state index contributed by atoms with van der Waals surface area (Å²) in [4.78, 5) is 18.3. The van der Waals surface area contributed by atoms with Crippen LogP contribution in [0, 0.1) is 17.0 Å². The van der Waals surface area contributed by atoms with Crippen molar-refractivity contribution in [3.05, 3.63) is 32.6 Å². The van der Waals surface area contributed by atoms with Gasteiger partial charge in [0.2, 0.25) is 11.8 Å². The molecule has 2 rings (SSSR count). The average molecular weight is 266 g/mol. The third-order valence-corrected chi connectivity index (χ3v) is 2.84. The Morgan fingerprint density at radius 1 is 1.50 bits per heavy atom. The standard InChI is InChI=1S/C9H10N6O2S/c1-5-7(15(16)17)8(13-9(11-5)14-10)12-6-2-3-18-4-6/h2-4H,10H2,1H3,(H2,11,12,13,14). The SMILES string of the molecule is Cc1nc(NN)nc(Nc2ccsc2)c1[N+](=O)[O-]. The highest BCUT2D eigenvalue weighted by molar-refractivity contribution is 7.08. The molecule has 0 atom stereocenters. The van der Waals surface area contributed by atoms with Gasteiger partial charge in [0.05, 0.1) is 10.6 Å². The van der Waals surface area contributed by atoms with Gasteiger partial charge in [-0.3, -0.25) is 15.5 Å². The van der Waals surface area contributed by atoms with E-state index in [1.165, 1.54) is 18.3 Å². The van der Waals surface area contributed by atoms with Crippen molar-refractivity contribution in [1.82, 2.24) is 9.97 Å². The van der Waals surface area contributed by atoms with Crippen molar-refractivity contribution in [3.8, 4) is 0 Å². The lowest BCUT2D eigenvalue weighted by Gasteiger charge is -2.07. The highest BCUT2D eigenvalue weighted by Gasteiger charge is 2.22. The molecule has 0 fully saturated rings. The molecule has 94 valence electrons. The quantitative estimate of drug-likeness (QED) is 0.438. The van der Waals surface area contributed by atoms with Crippen LogP contribution in [0.4, 0.5) is 23.1 Å². The van der Waals surface area contributed by atoms with Crippen LogP contribution in [0.25, 0.3) is 0 Å². The van der Waals surface area contributed by atoms with Gasteiger partial charge < -0.3 is 5.32 Å². The van der Waals surface area contributed by atoms with Crippen molar-refractivity contribution < 1.29 is 4.92 Å². The minimum Gasteiger partial charge on any atom is -0.334 e. The number of nitrogens with zero attached hydrogens (tertiary/aromatic N) is 3. The zero-order chi connectivity index (χ0) is 13.1. The second-order valence-electron chi connectivity index (χ2n) is 3.37. The first-order valence-corrected chi connectivity index (χ1v) is 5.85. The lowest BCUT2D eigenvalue weighted by molar-refractivity contribution is -0.385. The number of nitrogens with one attached hydrogen (secondary N) is 2. The molecule has 2 heterocycles. The molecule has 0 radical (unpaired) electrons. The van der Waals surface area contributed by atoms with E-state index in [2.05, 4.69) is 20.7 Å². The summed E-state index contributed by atoms with van der Waals surface area (Å²) in [6, 6.07) is 1.79. The molecule has 0 aliphatic carbocycles. The van der Waals surface area contributed by atoms with Gasteiger partial charge >= 0.3 is 5.69 Å². The van der Waals surface area contributed by atoms with E-state index in [-0.39, 0.29) is 23.1 Å². The molecule has 0 bridgehead atoms. The fraction of sp³-hybridized carbons (Fsp3) is 0.111. The van der Waals surface area contributed by atoms with Crippen molar-refractivity contribution in [3.63, 3.8) is 0 Å². The van der Waals surface area contributed by atoms with Crippen LogP contribution >= 0.6 is 11.3 Å². The van der Waals surface area contributed by atoms with Gasteiger partial charge in [0.15, 0.2) is 0 Å². The lowest BCUT2D eigenvalue weighted by atomic mass is 10.3. The van der Waals surface area contributed by atoms with Crippen molar-refractivity contribution in [1.29, 1.82) is 0 Å². The summed E-state index contributed by atoms with van der Waals surface area (Å²) in [5, 5.41) is 17.5. The van der Waals surface area contributed by atoms with Crippen LogP contribution in [-0.2, 0) is 0 Å². The van der Waals surface area contributed by atoms with Crippen molar-refractivity contribution in [2.24, 2.45) is 5.84 Å². The van der Waals surface area contributed by atoms with Gasteiger partial charge in [0.25, 0.3) is 0 Å². The normalized spacial score (nSPS) is 10.1. The Morgan fingerprint density at radius 3 is 2.83 bits per heavy atom. The van der Waals surface area contributed by atoms with Crippen LogP contribution in [0.3, 0.4) is 0 Å². The maximum atomic E-state index is 11.0. The number of nitrogens with two attached hydrogens (primary N) is 1. The van der Waals surface area contributed by atoms with E-state index in [1.54, 1.807) is 6.07 Å². The van der Waals surface area contributed by atoms with Crippen molar-refractivity contribution in [2.45, 2.75) is 6.92 Å².